The van der Waals surface area contributed by atoms with Crippen molar-refractivity contribution in [2.75, 3.05) is 19.5 Å². The number of nitrogens with one attached hydrogen (secondary N) is 1. The van der Waals surface area contributed by atoms with Gasteiger partial charge in [-0.3, -0.25) is 4.79 Å². The molecule has 150 valence electrons. The van der Waals surface area contributed by atoms with E-state index in [1.807, 2.05) is 24.3 Å². The lowest BCUT2D eigenvalue weighted by Crippen LogP contribution is -2.13. The van der Waals surface area contributed by atoms with Crippen molar-refractivity contribution < 1.29 is 19.0 Å². The molecule has 29 heavy (non-hydrogen) atoms. The third-order valence-electron chi connectivity index (χ3n) is 4.17. The summed E-state index contributed by atoms with van der Waals surface area (Å²) in [5, 5.41) is 3.59. The van der Waals surface area contributed by atoms with E-state index < -0.39 is 0 Å². The standard InChI is InChI=1S/C22H19Cl2NO4/c1-27-17-5-7-18(8-6-17)29-13-15-11-14(3-10-21(15)28-2)22(26)25-16-4-9-19(23)20(24)12-16/h3-12H,13H2,1-2H3,(H,25,26). The highest BCUT2D eigenvalue weighted by Crippen LogP contribution is 2.27. The molecule has 3 aromatic carbocycles. The molecule has 0 saturated carbocycles. The van der Waals surface area contributed by atoms with E-state index in [2.05, 4.69) is 5.32 Å². The van der Waals surface area contributed by atoms with Gasteiger partial charge >= 0.3 is 0 Å². The molecule has 0 heterocycles. The molecular formula is C22H19Cl2NO4. The molecule has 0 aliphatic rings. The van der Waals surface area contributed by atoms with Crippen LogP contribution in [0.5, 0.6) is 17.2 Å². The number of hydrogen-bond acceptors (Lipinski definition) is 4. The van der Waals surface area contributed by atoms with E-state index in [1.165, 1.54) is 0 Å². The van der Waals surface area contributed by atoms with Crippen LogP contribution < -0.4 is 19.5 Å². The fraction of sp³-hybridized carbons (Fsp3) is 0.136. The maximum atomic E-state index is 12.6. The molecule has 0 aliphatic carbocycles. The Morgan fingerprint density at radius 1 is 0.862 bits per heavy atom. The quantitative estimate of drug-likeness (QED) is 0.510. The molecule has 0 spiro atoms. The smallest absolute Gasteiger partial charge is 0.255 e. The van der Waals surface area contributed by atoms with Crippen molar-refractivity contribution in [2.45, 2.75) is 6.61 Å². The third kappa shape index (κ3) is 5.34. The van der Waals surface area contributed by atoms with Crippen molar-refractivity contribution in [3.8, 4) is 17.2 Å². The molecule has 3 aromatic rings. The van der Waals surface area contributed by atoms with Gasteiger partial charge < -0.3 is 19.5 Å². The van der Waals surface area contributed by atoms with E-state index in [1.54, 1.807) is 50.6 Å². The van der Waals surface area contributed by atoms with E-state index in [-0.39, 0.29) is 12.5 Å². The van der Waals surface area contributed by atoms with Crippen LogP contribution in [0.3, 0.4) is 0 Å². The summed E-state index contributed by atoms with van der Waals surface area (Å²) in [5.74, 6) is 1.77. The summed E-state index contributed by atoms with van der Waals surface area (Å²) in [6, 6.07) is 17.3. The zero-order valence-corrected chi connectivity index (χ0v) is 17.4. The largest absolute Gasteiger partial charge is 0.497 e. The monoisotopic (exact) mass is 431 g/mol. The van der Waals surface area contributed by atoms with Gasteiger partial charge in [0, 0.05) is 16.8 Å². The zero-order valence-electron chi connectivity index (χ0n) is 15.9. The van der Waals surface area contributed by atoms with Crippen molar-refractivity contribution >= 4 is 34.8 Å². The predicted molar refractivity (Wildman–Crippen MR) is 115 cm³/mol. The van der Waals surface area contributed by atoms with Gasteiger partial charge in [0.1, 0.15) is 23.9 Å². The summed E-state index contributed by atoms with van der Waals surface area (Å²) in [5.41, 5.74) is 1.76. The first-order valence-electron chi connectivity index (χ1n) is 8.70. The van der Waals surface area contributed by atoms with Gasteiger partial charge in [-0.25, -0.2) is 0 Å². The third-order valence-corrected chi connectivity index (χ3v) is 4.91. The maximum Gasteiger partial charge on any atom is 0.255 e. The number of rotatable bonds is 7. The zero-order chi connectivity index (χ0) is 20.8. The molecule has 1 N–H and O–H groups in total. The number of halogens is 2. The Balaban J connectivity index is 1.74. The molecule has 0 aromatic heterocycles. The first-order valence-corrected chi connectivity index (χ1v) is 9.46. The summed E-state index contributed by atoms with van der Waals surface area (Å²) in [6.07, 6.45) is 0. The normalized spacial score (nSPS) is 10.3. The minimum absolute atomic E-state index is 0.239. The second kappa shape index (κ2) is 9.54. The minimum atomic E-state index is -0.281. The van der Waals surface area contributed by atoms with Crippen molar-refractivity contribution in [1.29, 1.82) is 0 Å². The van der Waals surface area contributed by atoms with Gasteiger partial charge in [0.25, 0.3) is 5.91 Å². The van der Waals surface area contributed by atoms with E-state index in [9.17, 15) is 4.79 Å². The van der Waals surface area contributed by atoms with Crippen molar-refractivity contribution in [2.24, 2.45) is 0 Å². The Morgan fingerprint density at radius 2 is 1.59 bits per heavy atom. The summed E-state index contributed by atoms with van der Waals surface area (Å²) < 4.78 is 16.3. The van der Waals surface area contributed by atoms with Crippen molar-refractivity contribution in [3.05, 3.63) is 81.8 Å². The lowest BCUT2D eigenvalue weighted by molar-refractivity contribution is 0.102. The number of anilines is 1. The molecule has 0 fully saturated rings. The van der Waals surface area contributed by atoms with Crippen LogP contribution in [0.15, 0.2) is 60.7 Å². The molecule has 7 heteroatoms. The fourth-order valence-corrected chi connectivity index (χ4v) is 2.94. The number of carbonyl (C=O) groups is 1. The summed E-state index contributed by atoms with van der Waals surface area (Å²) in [7, 11) is 3.18. The Kier molecular flexibility index (Phi) is 6.86. The highest BCUT2D eigenvalue weighted by atomic mass is 35.5. The van der Waals surface area contributed by atoms with Gasteiger partial charge in [0.05, 0.1) is 24.3 Å². The summed E-state index contributed by atoms with van der Waals surface area (Å²) in [4.78, 5) is 12.6. The highest BCUT2D eigenvalue weighted by Gasteiger charge is 2.12. The second-order valence-corrected chi connectivity index (χ2v) is 6.89. The van der Waals surface area contributed by atoms with Crippen molar-refractivity contribution in [1.82, 2.24) is 0 Å². The first kappa shape index (κ1) is 20.8. The molecule has 0 aliphatic heterocycles. The fourth-order valence-electron chi connectivity index (χ4n) is 2.64. The molecule has 0 unspecified atom stereocenters. The van der Waals surface area contributed by atoms with E-state index in [0.29, 0.717) is 32.8 Å². The van der Waals surface area contributed by atoms with E-state index in [0.717, 1.165) is 11.3 Å². The number of carbonyl (C=O) groups excluding carboxylic acids is 1. The molecule has 5 nitrogen and oxygen atoms in total. The van der Waals surface area contributed by atoms with Crippen LogP contribution in [0.1, 0.15) is 15.9 Å². The van der Waals surface area contributed by atoms with Crippen LogP contribution in [0.25, 0.3) is 0 Å². The van der Waals surface area contributed by atoms with Crippen molar-refractivity contribution in [3.63, 3.8) is 0 Å². The number of methoxy groups -OCH3 is 2. The predicted octanol–water partition coefficient (Wildman–Crippen LogP) is 5.84. The molecule has 0 radical (unpaired) electrons. The molecule has 0 bridgehead atoms. The molecule has 0 atom stereocenters. The first-order chi connectivity index (χ1) is 14.0. The van der Waals surface area contributed by atoms with Crippen LogP contribution in [-0.4, -0.2) is 20.1 Å². The SMILES string of the molecule is COc1ccc(OCc2cc(C(=O)Nc3ccc(Cl)c(Cl)c3)ccc2OC)cc1. The lowest BCUT2D eigenvalue weighted by atomic mass is 10.1. The average Bonchev–Trinajstić information content (AvgIpc) is 2.75. The molecular weight excluding hydrogens is 413 g/mol. The van der Waals surface area contributed by atoms with E-state index >= 15 is 0 Å². The van der Waals surface area contributed by atoms with Gasteiger partial charge in [-0.15, -0.1) is 0 Å². The number of amides is 1. The lowest BCUT2D eigenvalue weighted by Gasteiger charge is -2.13. The van der Waals surface area contributed by atoms with Gasteiger partial charge in [0.2, 0.25) is 0 Å². The molecule has 0 saturated heterocycles. The van der Waals surface area contributed by atoms with Crippen LogP contribution in [-0.2, 0) is 6.61 Å². The highest BCUT2D eigenvalue weighted by molar-refractivity contribution is 6.42. The Bertz CT molecular complexity index is 1010. The van der Waals surface area contributed by atoms with E-state index in [4.69, 9.17) is 37.4 Å². The number of hydrogen-bond donors (Lipinski definition) is 1. The Morgan fingerprint density at radius 3 is 2.24 bits per heavy atom. The maximum absolute atomic E-state index is 12.6. The van der Waals surface area contributed by atoms with Gasteiger partial charge in [-0.1, -0.05) is 23.2 Å². The average molecular weight is 432 g/mol. The van der Waals surface area contributed by atoms with Crippen LogP contribution in [0.4, 0.5) is 5.69 Å². The van der Waals surface area contributed by atoms with Gasteiger partial charge in [-0.2, -0.15) is 0 Å². The summed E-state index contributed by atoms with van der Waals surface area (Å²) >= 11 is 11.9. The van der Waals surface area contributed by atoms with Gasteiger partial charge in [0.15, 0.2) is 0 Å². The Hall–Kier alpha value is -2.89. The molecule has 1 amide bonds. The second-order valence-electron chi connectivity index (χ2n) is 6.07. The number of benzene rings is 3. The van der Waals surface area contributed by atoms with Crippen LogP contribution in [0.2, 0.25) is 10.0 Å². The minimum Gasteiger partial charge on any atom is -0.497 e. The van der Waals surface area contributed by atoms with Gasteiger partial charge in [-0.05, 0) is 60.7 Å². The summed E-state index contributed by atoms with van der Waals surface area (Å²) in [6.45, 7) is 0.239. The Labute approximate surface area is 179 Å². The van der Waals surface area contributed by atoms with Crippen LogP contribution >= 0.6 is 23.2 Å². The van der Waals surface area contributed by atoms with Crippen LogP contribution in [0, 0.1) is 0 Å². The topological polar surface area (TPSA) is 56.8 Å². The molecule has 3 rings (SSSR count). The number of ether oxygens (including phenoxy) is 3.